The van der Waals surface area contributed by atoms with Crippen LogP contribution >= 0.6 is 11.6 Å². The van der Waals surface area contributed by atoms with E-state index in [0.29, 0.717) is 18.1 Å². The molecule has 0 aromatic heterocycles. The third-order valence-electron chi connectivity index (χ3n) is 3.31. The lowest BCUT2D eigenvalue weighted by Gasteiger charge is -2.30. The van der Waals surface area contributed by atoms with Crippen LogP contribution in [0.2, 0.25) is 5.02 Å². The molecule has 0 aliphatic carbocycles. The Morgan fingerprint density at radius 3 is 2.36 bits per heavy atom. The van der Waals surface area contributed by atoms with Crippen molar-refractivity contribution in [1.29, 1.82) is 0 Å². The molecule has 120 valence electrons. The maximum atomic E-state index is 12.4. The molecule has 1 rings (SSSR count). The van der Waals surface area contributed by atoms with E-state index in [9.17, 15) is 9.59 Å². The van der Waals surface area contributed by atoms with Crippen LogP contribution in [0.4, 0.5) is 0 Å². The molecule has 0 fully saturated rings. The smallest absolute Gasteiger partial charge is 0.242 e. The minimum Gasteiger partial charge on any atom is -0.351 e. The highest BCUT2D eigenvalue weighted by Crippen LogP contribution is 2.15. The SMILES string of the molecule is C=CCNC(=O)[C@@H](C)N(Cc1ccc(Cl)cc1)C(=O)C(C)C. The van der Waals surface area contributed by atoms with Crippen LogP contribution in [0.1, 0.15) is 26.3 Å². The predicted octanol–water partition coefficient (Wildman–Crippen LogP) is 3.02. The highest BCUT2D eigenvalue weighted by Gasteiger charge is 2.27. The van der Waals surface area contributed by atoms with Gasteiger partial charge in [-0.2, -0.15) is 0 Å². The highest BCUT2D eigenvalue weighted by atomic mass is 35.5. The van der Waals surface area contributed by atoms with Crippen LogP contribution in [0.25, 0.3) is 0 Å². The van der Waals surface area contributed by atoms with Crippen molar-refractivity contribution in [3.63, 3.8) is 0 Å². The van der Waals surface area contributed by atoms with Gasteiger partial charge in [0.2, 0.25) is 11.8 Å². The number of benzene rings is 1. The molecule has 0 spiro atoms. The lowest BCUT2D eigenvalue weighted by molar-refractivity contribution is -0.142. The summed E-state index contributed by atoms with van der Waals surface area (Å²) in [5, 5.41) is 3.37. The number of hydrogen-bond donors (Lipinski definition) is 1. The second-order valence-corrected chi connectivity index (χ2v) is 5.89. The minimum atomic E-state index is -0.550. The first-order valence-electron chi connectivity index (χ1n) is 7.30. The number of nitrogens with one attached hydrogen (secondary N) is 1. The quantitative estimate of drug-likeness (QED) is 0.784. The van der Waals surface area contributed by atoms with Gasteiger partial charge in [0.25, 0.3) is 0 Å². The number of rotatable bonds is 7. The van der Waals surface area contributed by atoms with Gasteiger partial charge < -0.3 is 10.2 Å². The van der Waals surface area contributed by atoms with Crippen molar-refractivity contribution in [1.82, 2.24) is 10.2 Å². The number of halogens is 1. The van der Waals surface area contributed by atoms with Gasteiger partial charge in [-0.1, -0.05) is 43.7 Å². The van der Waals surface area contributed by atoms with Gasteiger partial charge in [-0.05, 0) is 24.6 Å². The Kier molecular flexibility index (Phi) is 7.12. The fourth-order valence-electron chi connectivity index (χ4n) is 1.99. The molecule has 4 nitrogen and oxygen atoms in total. The Morgan fingerprint density at radius 1 is 1.27 bits per heavy atom. The summed E-state index contributed by atoms with van der Waals surface area (Å²) in [6.07, 6.45) is 1.61. The Bertz CT molecular complexity index is 526. The van der Waals surface area contributed by atoms with Crippen molar-refractivity contribution in [2.75, 3.05) is 6.54 Å². The molecule has 0 heterocycles. The topological polar surface area (TPSA) is 49.4 Å². The molecule has 1 N–H and O–H groups in total. The molecule has 1 aromatic rings. The molecule has 1 atom stereocenters. The Balaban J connectivity index is 2.92. The van der Waals surface area contributed by atoms with E-state index in [2.05, 4.69) is 11.9 Å². The summed E-state index contributed by atoms with van der Waals surface area (Å²) in [6, 6.07) is 6.72. The summed E-state index contributed by atoms with van der Waals surface area (Å²) in [4.78, 5) is 26.2. The van der Waals surface area contributed by atoms with Crippen LogP contribution in [-0.4, -0.2) is 29.3 Å². The average Bonchev–Trinajstić information content (AvgIpc) is 2.50. The first-order chi connectivity index (χ1) is 10.4. The zero-order valence-corrected chi connectivity index (χ0v) is 14.1. The van der Waals surface area contributed by atoms with Crippen molar-refractivity contribution in [2.45, 2.75) is 33.4 Å². The molecule has 0 aliphatic heterocycles. The molecule has 0 saturated heterocycles. The molecular formula is C17H23ClN2O2. The number of carbonyl (C=O) groups is 2. The second-order valence-electron chi connectivity index (χ2n) is 5.46. The summed E-state index contributed by atoms with van der Waals surface area (Å²) in [5.74, 6) is -0.430. The maximum absolute atomic E-state index is 12.4. The van der Waals surface area contributed by atoms with Crippen LogP contribution in [0, 0.1) is 5.92 Å². The number of carbonyl (C=O) groups excluding carboxylic acids is 2. The van der Waals surface area contributed by atoms with E-state index < -0.39 is 6.04 Å². The summed E-state index contributed by atoms with van der Waals surface area (Å²) in [7, 11) is 0. The first kappa shape index (κ1) is 18.2. The van der Waals surface area contributed by atoms with Gasteiger partial charge in [-0.3, -0.25) is 9.59 Å². The van der Waals surface area contributed by atoms with Gasteiger partial charge in [0.1, 0.15) is 6.04 Å². The lowest BCUT2D eigenvalue weighted by atomic mass is 10.1. The minimum absolute atomic E-state index is 0.0591. The first-order valence-corrected chi connectivity index (χ1v) is 7.68. The monoisotopic (exact) mass is 322 g/mol. The predicted molar refractivity (Wildman–Crippen MR) is 89.5 cm³/mol. The molecule has 0 unspecified atom stereocenters. The third-order valence-corrected chi connectivity index (χ3v) is 3.56. The van der Waals surface area contributed by atoms with Gasteiger partial charge >= 0.3 is 0 Å². The van der Waals surface area contributed by atoms with Gasteiger partial charge in [0, 0.05) is 24.0 Å². The number of hydrogen-bond acceptors (Lipinski definition) is 2. The Morgan fingerprint density at radius 2 is 1.86 bits per heavy atom. The number of amides is 2. The lowest BCUT2D eigenvalue weighted by Crippen LogP contribution is -2.48. The van der Waals surface area contributed by atoms with Gasteiger partial charge in [0.15, 0.2) is 0 Å². The second kappa shape index (κ2) is 8.59. The maximum Gasteiger partial charge on any atom is 0.242 e. The van der Waals surface area contributed by atoms with Crippen LogP contribution in [0.3, 0.4) is 0 Å². The molecule has 5 heteroatoms. The highest BCUT2D eigenvalue weighted by molar-refractivity contribution is 6.30. The normalized spacial score (nSPS) is 11.9. The zero-order chi connectivity index (χ0) is 16.7. The Labute approximate surface area is 137 Å². The van der Waals surface area contributed by atoms with Crippen molar-refractivity contribution >= 4 is 23.4 Å². The van der Waals surface area contributed by atoms with Gasteiger partial charge in [-0.25, -0.2) is 0 Å². The van der Waals surface area contributed by atoms with Crippen molar-refractivity contribution in [3.05, 3.63) is 47.5 Å². The molecular weight excluding hydrogens is 300 g/mol. The van der Waals surface area contributed by atoms with E-state index in [1.165, 1.54) is 0 Å². The van der Waals surface area contributed by atoms with E-state index in [1.807, 2.05) is 26.0 Å². The van der Waals surface area contributed by atoms with Gasteiger partial charge in [0.05, 0.1) is 0 Å². The van der Waals surface area contributed by atoms with Crippen molar-refractivity contribution in [2.24, 2.45) is 5.92 Å². The summed E-state index contributed by atoms with van der Waals surface area (Å²) >= 11 is 5.88. The molecule has 22 heavy (non-hydrogen) atoms. The standard InChI is InChI=1S/C17H23ClN2O2/c1-5-10-19-16(21)13(4)20(17(22)12(2)3)11-14-6-8-15(18)9-7-14/h5-9,12-13H,1,10-11H2,2-4H3,(H,19,21)/t13-/m1/s1. The van der Waals surface area contributed by atoms with E-state index >= 15 is 0 Å². The van der Waals surface area contributed by atoms with E-state index in [-0.39, 0.29) is 17.7 Å². The van der Waals surface area contributed by atoms with Crippen molar-refractivity contribution < 1.29 is 9.59 Å². The fraction of sp³-hybridized carbons (Fsp3) is 0.412. The number of nitrogens with zero attached hydrogens (tertiary/aromatic N) is 1. The largest absolute Gasteiger partial charge is 0.351 e. The van der Waals surface area contributed by atoms with Crippen molar-refractivity contribution in [3.8, 4) is 0 Å². The molecule has 0 saturated carbocycles. The van der Waals surface area contributed by atoms with E-state index in [4.69, 9.17) is 11.6 Å². The average molecular weight is 323 g/mol. The van der Waals surface area contributed by atoms with Crippen LogP contribution < -0.4 is 5.32 Å². The van der Waals surface area contributed by atoms with E-state index in [0.717, 1.165) is 5.56 Å². The Hall–Kier alpha value is -1.81. The third kappa shape index (κ3) is 5.19. The molecule has 0 bridgehead atoms. The molecule has 0 radical (unpaired) electrons. The molecule has 0 aliphatic rings. The van der Waals surface area contributed by atoms with Crippen LogP contribution in [0.15, 0.2) is 36.9 Å². The van der Waals surface area contributed by atoms with Gasteiger partial charge in [-0.15, -0.1) is 6.58 Å². The zero-order valence-electron chi connectivity index (χ0n) is 13.3. The molecule has 2 amide bonds. The summed E-state index contributed by atoms with van der Waals surface area (Å²) in [6.45, 7) is 9.70. The fourth-order valence-corrected chi connectivity index (χ4v) is 2.11. The van der Waals surface area contributed by atoms with Crippen LogP contribution in [-0.2, 0) is 16.1 Å². The summed E-state index contributed by atoms with van der Waals surface area (Å²) < 4.78 is 0. The summed E-state index contributed by atoms with van der Waals surface area (Å²) in [5.41, 5.74) is 0.932. The van der Waals surface area contributed by atoms with E-state index in [1.54, 1.807) is 30.0 Å². The van der Waals surface area contributed by atoms with Crippen LogP contribution in [0.5, 0.6) is 0 Å². The molecule has 1 aromatic carbocycles.